The Hall–Kier alpha value is -6.64. The van der Waals surface area contributed by atoms with Gasteiger partial charge in [0.1, 0.15) is 0 Å². The second-order valence-electron chi connectivity index (χ2n) is 11.9. The highest BCUT2D eigenvalue weighted by Crippen LogP contribution is 2.40. The second kappa shape index (κ2) is 12.8. The molecule has 1 aromatic heterocycles. The molecule has 0 aliphatic rings. The van der Waals surface area contributed by atoms with Crippen LogP contribution < -0.4 is 4.90 Å². The fraction of sp³-hybridized carbons (Fsp3) is 0. The van der Waals surface area contributed by atoms with Crippen molar-refractivity contribution in [1.29, 1.82) is 0 Å². The molecule has 0 saturated heterocycles. The number of benzene rings is 8. The maximum Gasteiger partial charge on any atom is 0.0645 e. The lowest BCUT2D eigenvalue weighted by Gasteiger charge is -2.26. The molecule has 2 nitrogen and oxygen atoms in total. The van der Waals surface area contributed by atoms with Gasteiger partial charge in [0.25, 0.3) is 0 Å². The Morgan fingerprint density at radius 2 is 0.860 bits per heavy atom. The molecule has 0 unspecified atom stereocenters. The topological polar surface area (TPSA) is 8.17 Å². The van der Waals surface area contributed by atoms with E-state index in [0.29, 0.717) is 11.4 Å². The summed E-state index contributed by atoms with van der Waals surface area (Å²) in [6, 6.07) is 45.1. The van der Waals surface area contributed by atoms with Gasteiger partial charge in [-0.3, -0.25) is 0 Å². The Morgan fingerprint density at radius 1 is 0.360 bits per heavy atom. The lowest BCUT2D eigenvalue weighted by atomic mass is 10.0. The Bertz CT molecular complexity index is 2980. The zero-order chi connectivity index (χ0) is 41.1. The van der Waals surface area contributed by atoms with Crippen molar-refractivity contribution in [1.82, 2.24) is 4.57 Å². The van der Waals surface area contributed by atoms with Gasteiger partial charge in [0.2, 0.25) is 0 Å². The summed E-state index contributed by atoms with van der Waals surface area (Å²) in [4.78, 5) is 1.67. The smallest absolute Gasteiger partial charge is 0.0645 e. The zero-order valence-electron chi connectivity index (χ0n) is 35.8. The van der Waals surface area contributed by atoms with Gasteiger partial charge in [-0.05, 0) is 82.4 Å². The lowest BCUT2D eigenvalue weighted by molar-refractivity contribution is 1.18. The van der Waals surface area contributed by atoms with Crippen LogP contribution in [0.3, 0.4) is 0 Å². The van der Waals surface area contributed by atoms with E-state index in [-0.39, 0.29) is 16.8 Å². The van der Waals surface area contributed by atoms with Crippen molar-refractivity contribution in [2.45, 2.75) is 0 Å². The minimum absolute atomic E-state index is 0.0537. The SMILES string of the molecule is [2H]c1c([2H])c([2H])c(-c2c([2H])c([2H])c(N(c3ccc(-c4ccccc4)cc3)c3ccc(-c4ccccc4-n4c5ccccc5c5ccccc54)cc3)c([2H])c2[2H])c([2H])c1[2H]. The maximum absolute atomic E-state index is 9.35. The molecule has 0 radical (unpaired) electrons. The monoisotopic (exact) mass is 647 g/mol. The van der Waals surface area contributed by atoms with Gasteiger partial charge < -0.3 is 9.47 Å². The van der Waals surface area contributed by atoms with Crippen molar-refractivity contribution in [3.05, 3.63) is 206 Å². The highest BCUT2D eigenvalue weighted by molar-refractivity contribution is 6.09. The Labute approximate surface area is 305 Å². The van der Waals surface area contributed by atoms with Crippen LogP contribution in [0.15, 0.2) is 206 Å². The number of fused-ring (bicyclic) bond motifs is 3. The van der Waals surface area contributed by atoms with Gasteiger partial charge >= 0.3 is 0 Å². The van der Waals surface area contributed by atoms with Crippen molar-refractivity contribution < 1.29 is 12.3 Å². The predicted octanol–water partition coefficient (Wildman–Crippen LogP) is 13.3. The summed E-state index contributed by atoms with van der Waals surface area (Å²) < 4.78 is 80.9. The van der Waals surface area contributed by atoms with Crippen LogP contribution in [0.2, 0.25) is 0 Å². The molecule has 0 N–H and O–H groups in total. The number of nitrogens with zero attached hydrogens (tertiary/aromatic N) is 2. The quantitative estimate of drug-likeness (QED) is 0.167. The van der Waals surface area contributed by atoms with Gasteiger partial charge in [-0.2, -0.15) is 0 Å². The Balaban J connectivity index is 1.21. The first-order chi connectivity index (χ1) is 28.6. The van der Waals surface area contributed by atoms with Crippen molar-refractivity contribution in [2.24, 2.45) is 0 Å². The van der Waals surface area contributed by atoms with Crippen LogP contribution in [0.4, 0.5) is 17.1 Å². The number of aromatic nitrogens is 1. The average Bonchev–Trinajstić information content (AvgIpc) is 3.61. The molecule has 0 saturated carbocycles. The highest BCUT2D eigenvalue weighted by atomic mass is 15.1. The van der Waals surface area contributed by atoms with E-state index in [9.17, 15) is 2.74 Å². The van der Waals surface area contributed by atoms with E-state index in [2.05, 4.69) is 41.0 Å². The van der Waals surface area contributed by atoms with Gasteiger partial charge in [0.05, 0.1) is 29.1 Å². The summed E-state index contributed by atoms with van der Waals surface area (Å²) in [5.74, 6) is 0. The summed E-state index contributed by atoms with van der Waals surface area (Å²) >= 11 is 0. The molecule has 0 spiro atoms. The predicted molar refractivity (Wildman–Crippen MR) is 212 cm³/mol. The van der Waals surface area contributed by atoms with E-state index in [4.69, 9.17) is 9.60 Å². The third kappa shape index (κ3) is 5.34. The van der Waals surface area contributed by atoms with Crippen LogP contribution in [0.5, 0.6) is 0 Å². The van der Waals surface area contributed by atoms with E-state index in [1.165, 1.54) is 0 Å². The second-order valence-corrected chi connectivity index (χ2v) is 11.9. The van der Waals surface area contributed by atoms with E-state index in [1.807, 2.05) is 115 Å². The standard InChI is InChI=1S/C48H34N2/c1-3-13-35(14-4-1)37-23-29-40(30-24-37)49(41-31-25-38(26-32-41)36-15-5-2-6-16-36)42-33-27-39(28-34-42)43-17-7-10-20-46(43)50-47-21-11-8-18-44(47)45-19-9-12-22-48(45)50/h1-34H/i1D,3D,4D,13D,14D,23D,24D,29D,30D. The molecule has 2 heteroatoms. The van der Waals surface area contributed by atoms with Crippen molar-refractivity contribution in [2.75, 3.05) is 4.90 Å². The number of para-hydroxylation sites is 3. The molecular weight excluding hydrogens is 605 g/mol. The minimum Gasteiger partial charge on any atom is -0.311 e. The minimum atomic E-state index is -0.623. The summed E-state index contributed by atoms with van der Waals surface area (Å²) in [5, 5.41) is 2.30. The van der Waals surface area contributed by atoms with Crippen molar-refractivity contribution >= 4 is 38.9 Å². The third-order valence-electron chi connectivity index (χ3n) is 8.98. The van der Waals surface area contributed by atoms with Crippen LogP contribution in [0.25, 0.3) is 60.9 Å². The van der Waals surface area contributed by atoms with Gasteiger partial charge in [-0.15, -0.1) is 0 Å². The number of anilines is 3. The Morgan fingerprint density at radius 3 is 1.50 bits per heavy atom. The van der Waals surface area contributed by atoms with Crippen LogP contribution in [-0.2, 0) is 0 Å². The van der Waals surface area contributed by atoms with Gasteiger partial charge in [0.15, 0.2) is 0 Å². The highest BCUT2D eigenvalue weighted by Gasteiger charge is 2.17. The van der Waals surface area contributed by atoms with Crippen LogP contribution in [-0.4, -0.2) is 4.57 Å². The van der Waals surface area contributed by atoms with E-state index in [1.54, 1.807) is 4.90 Å². The number of rotatable bonds is 7. The molecule has 0 aliphatic heterocycles. The summed E-state index contributed by atoms with van der Waals surface area (Å²) in [6.45, 7) is 0. The molecule has 1 heterocycles. The summed E-state index contributed by atoms with van der Waals surface area (Å²) in [5.41, 5.74) is 7.34. The molecule has 9 rings (SSSR count). The lowest BCUT2D eigenvalue weighted by Crippen LogP contribution is -2.09. The van der Waals surface area contributed by atoms with Gasteiger partial charge in [0, 0.05) is 33.4 Å². The maximum atomic E-state index is 9.35. The van der Waals surface area contributed by atoms with Gasteiger partial charge in [-0.25, -0.2) is 0 Å². The average molecular weight is 648 g/mol. The molecule has 0 amide bonds. The zero-order valence-corrected chi connectivity index (χ0v) is 26.8. The molecular formula is C48H34N2. The normalized spacial score (nSPS) is 13.7. The first-order valence-corrected chi connectivity index (χ1v) is 16.4. The fourth-order valence-electron chi connectivity index (χ4n) is 6.64. The van der Waals surface area contributed by atoms with Crippen LogP contribution >= 0.6 is 0 Å². The molecule has 50 heavy (non-hydrogen) atoms. The first-order valence-electron chi connectivity index (χ1n) is 20.9. The Kier molecular flexibility index (Phi) is 5.45. The van der Waals surface area contributed by atoms with E-state index >= 15 is 0 Å². The molecule has 0 atom stereocenters. The summed E-state index contributed by atoms with van der Waals surface area (Å²) in [6.07, 6.45) is 0. The number of hydrogen-bond donors (Lipinski definition) is 0. The fourth-order valence-corrected chi connectivity index (χ4v) is 6.64. The largest absolute Gasteiger partial charge is 0.311 e. The van der Waals surface area contributed by atoms with Crippen LogP contribution in [0, 0.1) is 0 Å². The van der Waals surface area contributed by atoms with Crippen LogP contribution in [0.1, 0.15) is 12.3 Å². The summed E-state index contributed by atoms with van der Waals surface area (Å²) in [7, 11) is 0. The van der Waals surface area contributed by atoms with Gasteiger partial charge in [-0.1, -0.05) is 151 Å². The third-order valence-corrected chi connectivity index (χ3v) is 8.98. The molecule has 0 bridgehead atoms. The first kappa shape index (κ1) is 21.4. The van der Waals surface area contributed by atoms with E-state index < -0.39 is 54.4 Å². The number of hydrogen-bond acceptors (Lipinski definition) is 1. The molecule has 9 aromatic rings. The molecule has 0 fully saturated rings. The van der Waals surface area contributed by atoms with Crippen molar-refractivity contribution in [3.8, 4) is 39.1 Å². The van der Waals surface area contributed by atoms with Crippen molar-refractivity contribution in [3.63, 3.8) is 0 Å². The molecule has 236 valence electrons. The van der Waals surface area contributed by atoms with E-state index in [0.717, 1.165) is 49.7 Å². The molecule has 8 aromatic carbocycles. The molecule has 0 aliphatic carbocycles.